The number of primary amides is 1. The van der Waals surface area contributed by atoms with Crippen molar-refractivity contribution in [2.45, 2.75) is 11.8 Å². The van der Waals surface area contributed by atoms with Crippen LogP contribution in [0.4, 0.5) is 11.4 Å². The number of amides is 2. The predicted octanol–water partition coefficient (Wildman–Crippen LogP) is 3.02. The fraction of sp³-hybridized carbons (Fsp3) is 0.130. The number of hydrogen-bond acceptors (Lipinski definition) is 5. The molecule has 0 aliphatic rings. The van der Waals surface area contributed by atoms with Gasteiger partial charge in [0, 0.05) is 0 Å². The van der Waals surface area contributed by atoms with Crippen LogP contribution in [0, 0.1) is 0 Å². The fourth-order valence-electron chi connectivity index (χ4n) is 3.04. The SMILES string of the molecule is CCOc1ccc(N(CC(=O)Nc2ccccc2C(N)=O)S(=O)(=O)c2ccccc2)cc1. The molecule has 0 aromatic heterocycles. The number of nitrogens with two attached hydrogens (primary N) is 1. The summed E-state index contributed by atoms with van der Waals surface area (Å²) >= 11 is 0. The van der Waals surface area contributed by atoms with Gasteiger partial charge in [-0.1, -0.05) is 30.3 Å². The maximum Gasteiger partial charge on any atom is 0.264 e. The van der Waals surface area contributed by atoms with Crippen LogP contribution in [0.5, 0.6) is 5.75 Å². The van der Waals surface area contributed by atoms with Gasteiger partial charge in [-0.3, -0.25) is 13.9 Å². The molecule has 0 radical (unpaired) electrons. The Morgan fingerprint density at radius 2 is 1.56 bits per heavy atom. The predicted molar refractivity (Wildman–Crippen MR) is 122 cm³/mol. The lowest BCUT2D eigenvalue weighted by Crippen LogP contribution is -2.38. The summed E-state index contributed by atoms with van der Waals surface area (Å²) in [6, 6.07) is 20.5. The smallest absolute Gasteiger partial charge is 0.264 e. The molecule has 0 atom stereocenters. The highest BCUT2D eigenvalue weighted by Gasteiger charge is 2.27. The molecular weight excluding hydrogens is 430 g/mol. The zero-order valence-corrected chi connectivity index (χ0v) is 18.2. The van der Waals surface area contributed by atoms with E-state index in [1.807, 2.05) is 6.92 Å². The molecule has 3 rings (SSSR count). The van der Waals surface area contributed by atoms with Crippen LogP contribution in [0.1, 0.15) is 17.3 Å². The Bertz CT molecular complexity index is 1200. The maximum atomic E-state index is 13.3. The van der Waals surface area contributed by atoms with Gasteiger partial charge >= 0.3 is 0 Å². The number of nitrogens with one attached hydrogen (secondary N) is 1. The molecular formula is C23H23N3O5S. The molecule has 0 bridgehead atoms. The summed E-state index contributed by atoms with van der Waals surface area (Å²) < 4.78 is 33.1. The minimum atomic E-state index is -4.05. The largest absolute Gasteiger partial charge is 0.494 e. The van der Waals surface area contributed by atoms with Crippen molar-refractivity contribution in [1.29, 1.82) is 0 Å². The van der Waals surface area contributed by atoms with Crippen molar-refractivity contribution in [2.75, 3.05) is 22.8 Å². The Hall–Kier alpha value is -3.85. The van der Waals surface area contributed by atoms with E-state index in [4.69, 9.17) is 10.5 Å². The summed E-state index contributed by atoms with van der Waals surface area (Å²) in [5.74, 6) is -0.763. The van der Waals surface area contributed by atoms with Gasteiger partial charge in [0.05, 0.1) is 28.4 Å². The van der Waals surface area contributed by atoms with Gasteiger partial charge in [-0.2, -0.15) is 0 Å². The first-order valence-electron chi connectivity index (χ1n) is 9.82. The first kappa shape index (κ1) is 22.8. The maximum absolute atomic E-state index is 13.3. The van der Waals surface area contributed by atoms with E-state index in [9.17, 15) is 18.0 Å². The standard InChI is InChI=1S/C23H23N3O5S/c1-2-31-18-14-12-17(13-15-18)26(32(29,30)19-8-4-3-5-9-19)16-22(27)25-21-11-7-6-10-20(21)23(24)28/h3-15H,2,16H2,1H3,(H2,24,28)(H,25,27). The lowest BCUT2D eigenvalue weighted by molar-refractivity contribution is -0.114. The minimum Gasteiger partial charge on any atom is -0.494 e. The van der Waals surface area contributed by atoms with Crippen molar-refractivity contribution in [3.63, 3.8) is 0 Å². The number of hydrogen-bond donors (Lipinski definition) is 2. The summed E-state index contributed by atoms with van der Waals surface area (Å²) in [5, 5.41) is 2.58. The van der Waals surface area contributed by atoms with Crippen molar-refractivity contribution in [1.82, 2.24) is 0 Å². The number of benzene rings is 3. The second kappa shape index (κ2) is 9.97. The molecule has 0 saturated heterocycles. The average Bonchev–Trinajstić information content (AvgIpc) is 2.79. The molecule has 9 heteroatoms. The quantitative estimate of drug-likeness (QED) is 0.516. The van der Waals surface area contributed by atoms with Crippen LogP contribution < -0.4 is 20.1 Å². The molecule has 32 heavy (non-hydrogen) atoms. The highest BCUT2D eigenvalue weighted by Crippen LogP contribution is 2.26. The van der Waals surface area contributed by atoms with E-state index in [0.29, 0.717) is 12.4 Å². The molecule has 3 aromatic rings. The summed E-state index contributed by atoms with van der Waals surface area (Å²) in [6.45, 7) is 1.79. The van der Waals surface area contributed by atoms with Crippen molar-refractivity contribution in [2.24, 2.45) is 5.73 Å². The van der Waals surface area contributed by atoms with Gasteiger partial charge in [0.15, 0.2) is 0 Å². The van der Waals surface area contributed by atoms with Gasteiger partial charge in [-0.05, 0) is 55.5 Å². The lowest BCUT2D eigenvalue weighted by atomic mass is 10.1. The van der Waals surface area contributed by atoms with Gasteiger partial charge < -0.3 is 15.8 Å². The van der Waals surface area contributed by atoms with Crippen LogP contribution in [0.15, 0.2) is 83.8 Å². The molecule has 0 heterocycles. The normalized spacial score (nSPS) is 10.9. The van der Waals surface area contributed by atoms with Crippen molar-refractivity contribution >= 4 is 33.2 Å². The van der Waals surface area contributed by atoms with Crippen LogP contribution >= 0.6 is 0 Å². The fourth-order valence-corrected chi connectivity index (χ4v) is 4.48. The minimum absolute atomic E-state index is 0.0409. The van der Waals surface area contributed by atoms with E-state index in [1.165, 1.54) is 24.3 Å². The van der Waals surface area contributed by atoms with Crippen molar-refractivity contribution in [3.05, 3.63) is 84.4 Å². The molecule has 0 aliphatic heterocycles. The molecule has 0 spiro atoms. The van der Waals surface area contributed by atoms with E-state index in [0.717, 1.165) is 4.31 Å². The molecule has 3 N–H and O–H groups in total. The van der Waals surface area contributed by atoms with E-state index < -0.39 is 28.4 Å². The molecule has 0 saturated carbocycles. The van der Waals surface area contributed by atoms with E-state index in [1.54, 1.807) is 54.6 Å². The van der Waals surface area contributed by atoms with Crippen LogP contribution in [-0.2, 0) is 14.8 Å². The van der Waals surface area contributed by atoms with Crippen LogP contribution in [-0.4, -0.2) is 33.4 Å². The Kier molecular flexibility index (Phi) is 7.11. The second-order valence-corrected chi connectivity index (χ2v) is 8.57. The third-order valence-electron chi connectivity index (χ3n) is 4.52. The average molecular weight is 454 g/mol. The Morgan fingerprint density at radius 1 is 0.938 bits per heavy atom. The topological polar surface area (TPSA) is 119 Å². The number of ether oxygens (including phenoxy) is 1. The Labute approximate surface area is 186 Å². The number of para-hydroxylation sites is 1. The monoisotopic (exact) mass is 453 g/mol. The second-order valence-electron chi connectivity index (χ2n) is 6.71. The highest BCUT2D eigenvalue weighted by atomic mass is 32.2. The molecule has 3 aromatic carbocycles. The molecule has 8 nitrogen and oxygen atoms in total. The zero-order chi connectivity index (χ0) is 23.1. The number of nitrogens with zero attached hydrogens (tertiary/aromatic N) is 1. The van der Waals surface area contributed by atoms with Crippen LogP contribution in [0.3, 0.4) is 0 Å². The van der Waals surface area contributed by atoms with Crippen LogP contribution in [0.2, 0.25) is 0 Å². The third kappa shape index (κ3) is 5.25. The van der Waals surface area contributed by atoms with Crippen molar-refractivity contribution in [3.8, 4) is 5.75 Å². The summed E-state index contributed by atoms with van der Waals surface area (Å²) in [7, 11) is -4.05. The van der Waals surface area contributed by atoms with Gasteiger partial charge in [0.25, 0.3) is 15.9 Å². The van der Waals surface area contributed by atoms with E-state index in [2.05, 4.69) is 5.32 Å². The number of sulfonamides is 1. The number of rotatable bonds is 9. The molecule has 166 valence electrons. The first-order valence-corrected chi connectivity index (χ1v) is 11.3. The Balaban J connectivity index is 1.94. The van der Waals surface area contributed by atoms with Gasteiger partial charge in [-0.25, -0.2) is 8.42 Å². The van der Waals surface area contributed by atoms with Gasteiger partial charge in [0.2, 0.25) is 5.91 Å². The molecule has 0 unspecified atom stereocenters. The first-order chi connectivity index (χ1) is 15.3. The van der Waals surface area contributed by atoms with E-state index in [-0.39, 0.29) is 21.8 Å². The van der Waals surface area contributed by atoms with Crippen molar-refractivity contribution < 1.29 is 22.7 Å². The van der Waals surface area contributed by atoms with Gasteiger partial charge in [-0.15, -0.1) is 0 Å². The summed E-state index contributed by atoms with van der Waals surface area (Å²) in [4.78, 5) is 24.5. The summed E-state index contributed by atoms with van der Waals surface area (Å²) in [5.41, 5.74) is 5.97. The number of carbonyl (C=O) groups is 2. The third-order valence-corrected chi connectivity index (χ3v) is 6.31. The highest BCUT2D eigenvalue weighted by molar-refractivity contribution is 7.92. The zero-order valence-electron chi connectivity index (χ0n) is 17.4. The number of anilines is 2. The van der Waals surface area contributed by atoms with E-state index >= 15 is 0 Å². The molecule has 2 amide bonds. The van der Waals surface area contributed by atoms with Gasteiger partial charge in [0.1, 0.15) is 12.3 Å². The Morgan fingerprint density at radius 3 is 2.19 bits per heavy atom. The van der Waals surface area contributed by atoms with Crippen LogP contribution in [0.25, 0.3) is 0 Å². The number of carbonyl (C=O) groups excluding carboxylic acids is 2. The molecule has 0 fully saturated rings. The lowest BCUT2D eigenvalue weighted by Gasteiger charge is -2.24. The summed E-state index contributed by atoms with van der Waals surface area (Å²) in [6.07, 6.45) is 0. The molecule has 0 aliphatic carbocycles.